The van der Waals surface area contributed by atoms with Gasteiger partial charge in [0.15, 0.2) is 5.69 Å². The van der Waals surface area contributed by atoms with Gasteiger partial charge in [-0.1, -0.05) is 12.1 Å². The van der Waals surface area contributed by atoms with Crippen LogP contribution in [0.3, 0.4) is 0 Å². The normalized spacial score (nSPS) is 11.5. The first-order valence-corrected chi connectivity index (χ1v) is 6.86. The van der Waals surface area contributed by atoms with Crippen LogP contribution in [0.25, 0.3) is 11.3 Å². The summed E-state index contributed by atoms with van der Waals surface area (Å²) in [4.78, 5) is 11.8. The Kier molecular flexibility index (Phi) is 4.67. The van der Waals surface area contributed by atoms with Gasteiger partial charge in [-0.2, -0.15) is 18.3 Å². The van der Waals surface area contributed by atoms with E-state index in [2.05, 4.69) is 5.10 Å². The van der Waals surface area contributed by atoms with Crippen LogP contribution >= 0.6 is 23.4 Å². The number of carbonyl (C=O) groups is 1. The molecule has 0 saturated carbocycles. The number of rotatable bonds is 3. The third-order valence-electron chi connectivity index (χ3n) is 2.87. The van der Waals surface area contributed by atoms with Crippen molar-refractivity contribution in [1.29, 1.82) is 0 Å². The van der Waals surface area contributed by atoms with E-state index in [4.69, 9.17) is 23.4 Å². The third-order valence-corrected chi connectivity index (χ3v) is 3.25. The average molecular weight is 352 g/mol. The molecule has 2 aromatic rings. The molecule has 0 radical (unpaired) electrons. The van der Waals surface area contributed by atoms with Gasteiger partial charge in [0.1, 0.15) is 6.00 Å². The molecule has 9 heteroatoms. The van der Waals surface area contributed by atoms with Gasteiger partial charge >= 0.3 is 6.18 Å². The molecule has 2 rings (SSSR count). The van der Waals surface area contributed by atoms with E-state index in [0.717, 1.165) is 15.2 Å². The van der Waals surface area contributed by atoms with E-state index >= 15 is 0 Å². The first-order chi connectivity index (χ1) is 10.2. The summed E-state index contributed by atoms with van der Waals surface area (Å²) in [5, 5.41) is 3.42. The lowest BCUT2D eigenvalue weighted by Gasteiger charge is -2.09. The van der Waals surface area contributed by atoms with Crippen LogP contribution in [0.5, 0.6) is 0 Å². The second-order valence-corrected chi connectivity index (χ2v) is 5.14. The zero-order chi connectivity index (χ0) is 16.5. The van der Waals surface area contributed by atoms with Crippen LogP contribution in [0.4, 0.5) is 13.2 Å². The monoisotopic (exact) mass is 351 g/mol. The van der Waals surface area contributed by atoms with Crippen molar-refractivity contribution in [2.24, 2.45) is 0 Å². The molecule has 0 saturated heterocycles. The Labute approximate surface area is 134 Å². The predicted octanol–water partition coefficient (Wildman–Crippen LogP) is 3.99. The maximum Gasteiger partial charge on any atom is 0.435 e. The number of carbonyl (C=O) groups excluding carboxylic acids is 1. The summed E-state index contributed by atoms with van der Waals surface area (Å²) in [6.45, 7) is 0. The van der Waals surface area contributed by atoms with Crippen molar-refractivity contribution in [3.05, 3.63) is 41.6 Å². The van der Waals surface area contributed by atoms with Crippen molar-refractivity contribution < 1.29 is 18.0 Å². The zero-order valence-electron chi connectivity index (χ0n) is 11.2. The maximum absolute atomic E-state index is 12.7. The number of halogens is 5. The molecule has 4 nitrogen and oxygen atoms in total. The van der Waals surface area contributed by atoms with E-state index in [0.29, 0.717) is 5.56 Å². The smallest absolute Gasteiger partial charge is 0.268 e. The van der Waals surface area contributed by atoms with Crippen LogP contribution in [0.15, 0.2) is 30.3 Å². The summed E-state index contributed by atoms with van der Waals surface area (Å²) < 4.78 is 40.1. The maximum atomic E-state index is 12.7. The number of hydrogen-bond acceptors (Lipinski definition) is 2. The minimum Gasteiger partial charge on any atom is -0.268 e. The molecule has 0 unspecified atom stereocenters. The molecule has 22 heavy (non-hydrogen) atoms. The van der Waals surface area contributed by atoms with Crippen LogP contribution in [-0.2, 0) is 12.2 Å². The van der Waals surface area contributed by atoms with E-state index in [-0.39, 0.29) is 17.3 Å². The Balaban J connectivity index is 2.50. The first kappa shape index (κ1) is 16.6. The van der Waals surface area contributed by atoms with E-state index in [1.165, 1.54) is 19.2 Å². The topological polar surface area (TPSA) is 38.1 Å². The Morgan fingerprint density at radius 1 is 1.36 bits per heavy atom. The quantitative estimate of drug-likeness (QED) is 0.619. The van der Waals surface area contributed by atoms with Crippen molar-refractivity contribution in [1.82, 2.24) is 14.2 Å². The van der Waals surface area contributed by atoms with Crippen molar-refractivity contribution in [3.8, 4) is 11.3 Å². The lowest BCUT2D eigenvalue weighted by molar-refractivity contribution is -0.141. The molecule has 1 heterocycles. The van der Waals surface area contributed by atoms with E-state index in [9.17, 15) is 18.0 Å². The third kappa shape index (κ3) is 3.36. The minimum atomic E-state index is -4.57. The fraction of sp³-hybridized carbons (Fsp3) is 0.231. The van der Waals surface area contributed by atoms with Gasteiger partial charge in [0.05, 0.1) is 5.69 Å². The molecule has 0 aliphatic carbocycles. The molecule has 1 aromatic carbocycles. The van der Waals surface area contributed by atoms with Crippen molar-refractivity contribution in [2.75, 3.05) is 7.05 Å². The average Bonchev–Trinajstić information content (AvgIpc) is 2.90. The van der Waals surface area contributed by atoms with Crippen molar-refractivity contribution >= 4 is 29.3 Å². The summed E-state index contributed by atoms with van der Waals surface area (Å²) in [6.07, 6.45) is -4.57. The summed E-state index contributed by atoms with van der Waals surface area (Å²) in [6, 6.07) is 6.68. The van der Waals surface area contributed by atoms with Gasteiger partial charge in [0.25, 0.3) is 5.91 Å². The second kappa shape index (κ2) is 6.18. The molecule has 0 N–H and O–H groups in total. The summed E-state index contributed by atoms with van der Waals surface area (Å²) in [5.41, 5.74) is -0.262. The van der Waals surface area contributed by atoms with Gasteiger partial charge in [0.2, 0.25) is 0 Å². The highest BCUT2D eigenvalue weighted by atomic mass is 35.5. The molecular formula is C13H10Cl2F3N3O. The summed E-state index contributed by atoms with van der Waals surface area (Å²) in [5.74, 6) is -0.475. The fourth-order valence-corrected chi connectivity index (χ4v) is 2.15. The molecule has 0 bridgehead atoms. The highest BCUT2D eigenvalue weighted by Gasteiger charge is 2.35. The highest BCUT2D eigenvalue weighted by Crippen LogP contribution is 2.32. The van der Waals surface area contributed by atoms with Gasteiger partial charge in [-0.25, -0.2) is 4.68 Å². The van der Waals surface area contributed by atoms with Crippen LogP contribution in [-0.4, -0.2) is 27.2 Å². The Bertz CT molecular complexity index is 698. The molecule has 0 spiro atoms. The molecule has 0 aliphatic rings. The van der Waals surface area contributed by atoms with Crippen molar-refractivity contribution in [3.63, 3.8) is 0 Å². The number of nitrogens with zero attached hydrogens (tertiary/aromatic N) is 3. The first-order valence-electron chi connectivity index (χ1n) is 5.99. The summed E-state index contributed by atoms with van der Waals surface area (Å²) >= 11 is 11.2. The number of alkyl halides is 4. The van der Waals surface area contributed by atoms with Gasteiger partial charge in [-0.05, 0) is 18.2 Å². The van der Waals surface area contributed by atoms with Crippen LogP contribution < -0.4 is 0 Å². The van der Waals surface area contributed by atoms with Gasteiger partial charge < -0.3 is 0 Å². The van der Waals surface area contributed by atoms with Crippen LogP contribution in [0, 0.1) is 0 Å². The standard InChI is InChI=1S/C13H10Cl2F3N3O/c1-20(15)12(22)9-4-2-3-8(5-9)10-6-11(13(16,17)18)19-21(10)7-14/h2-6H,7H2,1H3. The highest BCUT2D eigenvalue weighted by molar-refractivity contribution is 6.23. The van der Waals surface area contributed by atoms with E-state index in [1.54, 1.807) is 12.1 Å². The molecular weight excluding hydrogens is 342 g/mol. The number of aromatic nitrogens is 2. The molecule has 1 aromatic heterocycles. The molecule has 118 valence electrons. The Morgan fingerprint density at radius 3 is 2.59 bits per heavy atom. The van der Waals surface area contributed by atoms with Crippen LogP contribution in [0.1, 0.15) is 16.1 Å². The molecule has 0 fully saturated rings. The Morgan fingerprint density at radius 2 is 2.05 bits per heavy atom. The van der Waals surface area contributed by atoms with Gasteiger partial charge in [-0.3, -0.25) is 9.21 Å². The molecule has 0 aliphatic heterocycles. The van der Waals surface area contributed by atoms with Crippen LogP contribution in [0.2, 0.25) is 0 Å². The zero-order valence-corrected chi connectivity index (χ0v) is 12.7. The van der Waals surface area contributed by atoms with Gasteiger partial charge in [-0.15, -0.1) is 11.6 Å². The van der Waals surface area contributed by atoms with Crippen molar-refractivity contribution in [2.45, 2.75) is 12.2 Å². The lowest BCUT2D eigenvalue weighted by Crippen LogP contribution is -2.16. The SMILES string of the molecule is CN(Cl)C(=O)c1cccc(-c2cc(C(F)(F)F)nn2CCl)c1. The fourth-order valence-electron chi connectivity index (χ4n) is 1.87. The summed E-state index contributed by atoms with van der Waals surface area (Å²) in [7, 11) is 1.36. The minimum absolute atomic E-state index is 0.161. The number of benzene rings is 1. The molecule has 0 atom stereocenters. The predicted molar refractivity (Wildman–Crippen MR) is 76.5 cm³/mol. The Hall–Kier alpha value is -1.73. The van der Waals surface area contributed by atoms with E-state index < -0.39 is 17.8 Å². The van der Waals surface area contributed by atoms with Gasteiger partial charge in [0, 0.05) is 30.0 Å². The number of hydrogen-bond donors (Lipinski definition) is 0. The largest absolute Gasteiger partial charge is 0.435 e. The second-order valence-electron chi connectivity index (χ2n) is 4.39. The lowest BCUT2D eigenvalue weighted by atomic mass is 10.1. The van der Waals surface area contributed by atoms with E-state index in [1.807, 2.05) is 0 Å². The molecule has 1 amide bonds. The number of amides is 1.